The van der Waals surface area contributed by atoms with Crippen LogP contribution in [0.15, 0.2) is 23.7 Å². The smallest absolute Gasteiger partial charge is 0.326 e. The van der Waals surface area contributed by atoms with Crippen molar-refractivity contribution in [1.29, 1.82) is 0 Å². The van der Waals surface area contributed by atoms with Crippen LogP contribution in [0.3, 0.4) is 0 Å². The van der Waals surface area contributed by atoms with Crippen molar-refractivity contribution >= 4 is 33.4 Å². The zero-order valence-corrected chi connectivity index (χ0v) is 12.1. The molecule has 0 aliphatic carbocycles. The van der Waals surface area contributed by atoms with Crippen LogP contribution in [0.4, 0.5) is 0 Å². The largest absolute Gasteiger partial charge is 0.465 e. The highest BCUT2D eigenvalue weighted by Crippen LogP contribution is 2.29. The van der Waals surface area contributed by atoms with Gasteiger partial charge in [0.25, 0.3) is 0 Å². The van der Waals surface area contributed by atoms with Crippen LogP contribution in [0.1, 0.15) is 25.5 Å². The number of thiophene rings is 1. The van der Waals surface area contributed by atoms with Crippen LogP contribution in [0.25, 0.3) is 10.1 Å². The molecule has 0 bridgehead atoms. The monoisotopic (exact) mass is 293 g/mol. The number of esters is 2. The second-order valence-corrected chi connectivity index (χ2v) is 4.91. The van der Waals surface area contributed by atoms with E-state index >= 15 is 0 Å². The maximum atomic E-state index is 12.1. The van der Waals surface area contributed by atoms with E-state index in [9.17, 15) is 9.59 Å². The zero-order chi connectivity index (χ0) is 14.5. The molecule has 2 rings (SSSR count). The third kappa shape index (κ3) is 2.80. The lowest BCUT2D eigenvalue weighted by Gasteiger charge is -2.14. The van der Waals surface area contributed by atoms with Gasteiger partial charge in [0.2, 0.25) is 0 Å². The summed E-state index contributed by atoms with van der Waals surface area (Å²) in [5.41, 5.74) is 0.389. The number of rotatable bonds is 5. The SMILES string of the molecule is CCOC(=O)C(C(=O)OCC)c1nccc2sccc12. The van der Waals surface area contributed by atoms with E-state index in [1.165, 1.54) is 11.3 Å². The first-order valence-corrected chi connectivity index (χ1v) is 7.22. The number of ether oxygens (including phenoxy) is 2. The Kier molecular flexibility index (Phi) is 4.68. The molecule has 0 spiro atoms. The van der Waals surface area contributed by atoms with Gasteiger partial charge in [0.15, 0.2) is 5.92 Å². The highest BCUT2D eigenvalue weighted by Gasteiger charge is 2.34. The van der Waals surface area contributed by atoms with Crippen molar-refractivity contribution < 1.29 is 19.1 Å². The van der Waals surface area contributed by atoms with Crippen LogP contribution in [0.2, 0.25) is 0 Å². The van der Waals surface area contributed by atoms with Crippen LogP contribution in [-0.2, 0) is 19.1 Å². The number of carbonyl (C=O) groups excluding carboxylic acids is 2. The Balaban J connectivity index is 2.47. The first-order chi connectivity index (χ1) is 9.69. The summed E-state index contributed by atoms with van der Waals surface area (Å²) in [6.07, 6.45) is 1.58. The molecule has 0 unspecified atom stereocenters. The first kappa shape index (κ1) is 14.5. The van der Waals surface area contributed by atoms with Gasteiger partial charge in [-0.2, -0.15) is 0 Å². The number of aromatic nitrogens is 1. The minimum Gasteiger partial charge on any atom is -0.465 e. The Morgan fingerprint density at radius 2 is 1.85 bits per heavy atom. The van der Waals surface area contributed by atoms with Gasteiger partial charge in [0.1, 0.15) is 0 Å². The molecule has 0 N–H and O–H groups in total. The molecule has 0 fully saturated rings. The van der Waals surface area contributed by atoms with E-state index < -0.39 is 17.9 Å². The average molecular weight is 293 g/mol. The van der Waals surface area contributed by atoms with Crippen LogP contribution in [0, 0.1) is 0 Å². The lowest BCUT2D eigenvalue weighted by Crippen LogP contribution is -2.27. The fraction of sp³-hybridized carbons (Fsp3) is 0.357. The molecule has 2 aromatic rings. The standard InChI is InChI=1S/C14H15NO4S/c1-3-18-13(16)11(14(17)19-4-2)12-9-6-8-20-10(9)5-7-15-12/h5-8,11H,3-4H2,1-2H3. The summed E-state index contributed by atoms with van der Waals surface area (Å²) in [4.78, 5) is 28.3. The fourth-order valence-corrected chi connectivity index (χ4v) is 2.71. The summed E-state index contributed by atoms with van der Waals surface area (Å²) in [6, 6.07) is 3.69. The summed E-state index contributed by atoms with van der Waals surface area (Å²) in [7, 11) is 0. The molecule has 2 aromatic heterocycles. The Bertz CT molecular complexity index is 604. The molecule has 0 aromatic carbocycles. The number of carbonyl (C=O) groups is 2. The van der Waals surface area contributed by atoms with Crippen molar-refractivity contribution in [3.8, 4) is 0 Å². The molecule has 6 heteroatoms. The van der Waals surface area contributed by atoms with Gasteiger partial charge in [0.05, 0.1) is 18.9 Å². The predicted molar refractivity (Wildman–Crippen MR) is 75.6 cm³/mol. The Morgan fingerprint density at radius 1 is 1.20 bits per heavy atom. The number of nitrogens with zero attached hydrogens (tertiary/aromatic N) is 1. The maximum Gasteiger partial charge on any atom is 0.326 e. The molecule has 0 atom stereocenters. The minimum atomic E-state index is -1.13. The molecule has 0 saturated carbocycles. The summed E-state index contributed by atoms with van der Waals surface area (Å²) in [5.74, 6) is -2.39. The van der Waals surface area contributed by atoms with E-state index in [1.807, 2.05) is 17.5 Å². The minimum absolute atomic E-state index is 0.203. The number of hydrogen-bond acceptors (Lipinski definition) is 6. The number of pyridine rings is 1. The van der Waals surface area contributed by atoms with Gasteiger partial charge in [-0.3, -0.25) is 14.6 Å². The third-order valence-corrected chi connectivity index (χ3v) is 3.61. The highest BCUT2D eigenvalue weighted by molar-refractivity contribution is 7.17. The number of hydrogen-bond donors (Lipinski definition) is 0. The van der Waals surface area contributed by atoms with Gasteiger partial charge in [-0.1, -0.05) is 0 Å². The van der Waals surface area contributed by atoms with Crippen molar-refractivity contribution in [1.82, 2.24) is 4.98 Å². The zero-order valence-electron chi connectivity index (χ0n) is 11.3. The topological polar surface area (TPSA) is 65.5 Å². The van der Waals surface area contributed by atoms with Gasteiger partial charge < -0.3 is 9.47 Å². The Morgan fingerprint density at radius 3 is 2.45 bits per heavy atom. The van der Waals surface area contributed by atoms with Crippen molar-refractivity contribution in [2.45, 2.75) is 19.8 Å². The van der Waals surface area contributed by atoms with Crippen molar-refractivity contribution in [2.24, 2.45) is 0 Å². The normalized spacial score (nSPS) is 10.8. The van der Waals surface area contributed by atoms with Crippen molar-refractivity contribution in [3.05, 3.63) is 29.4 Å². The molecule has 0 radical (unpaired) electrons. The van der Waals surface area contributed by atoms with E-state index in [0.717, 1.165) is 10.1 Å². The van der Waals surface area contributed by atoms with E-state index in [-0.39, 0.29) is 13.2 Å². The molecular formula is C14H15NO4S. The molecular weight excluding hydrogens is 278 g/mol. The molecule has 0 aliphatic heterocycles. The van der Waals surface area contributed by atoms with Crippen LogP contribution in [0.5, 0.6) is 0 Å². The third-order valence-electron chi connectivity index (χ3n) is 2.73. The summed E-state index contributed by atoms with van der Waals surface area (Å²) in [5, 5.41) is 2.67. The second-order valence-electron chi connectivity index (χ2n) is 3.97. The van der Waals surface area contributed by atoms with Gasteiger partial charge in [-0.05, 0) is 31.4 Å². The molecule has 20 heavy (non-hydrogen) atoms. The quantitative estimate of drug-likeness (QED) is 0.626. The lowest BCUT2D eigenvalue weighted by atomic mass is 10.0. The van der Waals surface area contributed by atoms with Gasteiger partial charge in [0, 0.05) is 16.3 Å². The molecule has 0 aliphatic rings. The van der Waals surface area contributed by atoms with E-state index in [1.54, 1.807) is 20.0 Å². The Hall–Kier alpha value is -1.95. The Labute approximate surface area is 120 Å². The lowest BCUT2D eigenvalue weighted by molar-refractivity contribution is -0.157. The van der Waals surface area contributed by atoms with Gasteiger partial charge in [-0.15, -0.1) is 11.3 Å². The predicted octanol–water partition coefficient (Wildman–Crippen LogP) is 2.51. The molecule has 2 heterocycles. The maximum absolute atomic E-state index is 12.1. The van der Waals surface area contributed by atoms with Crippen LogP contribution >= 0.6 is 11.3 Å². The molecule has 0 saturated heterocycles. The van der Waals surface area contributed by atoms with Crippen LogP contribution < -0.4 is 0 Å². The molecule has 5 nitrogen and oxygen atoms in total. The fourth-order valence-electron chi connectivity index (χ4n) is 1.92. The second kappa shape index (κ2) is 6.47. The summed E-state index contributed by atoms with van der Waals surface area (Å²) < 4.78 is 10.9. The molecule has 0 amide bonds. The van der Waals surface area contributed by atoms with Gasteiger partial charge >= 0.3 is 11.9 Å². The summed E-state index contributed by atoms with van der Waals surface area (Å²) >= 11 is 1.52. The van der Waals surface area contributed by atoms with Crippen molar-refractivity contribution in [2.75, 3.05) is 13.2 Å². The summed E-state index contributed by atoms with van der Waals surface area (Å²) in [6.45, 7) is 3.79. The van der Waals surface area contributed by atoms with E-state index in [0.29, 0.717) is 5.69 Å². The van der Waals surface area contributed by atoms with Gasteiger partial charge in [-0.25, -0.2) is 0 Å². The first-order valence-electron chi connectivity index (χ1n) is 6.34. The number of fused-ring (bicyclic) bond motifs is 1. The van der Waals surface area contributed by atoms with E-state index in [4.69, 9.17) is 9.47 Å². The van der Waals surface area contributed by atoms with Crippen molar-refractivity contribution in [3.63, 3.8) is 0 Å². The van der Waals surface area contributed by atoms with Crippen LogP contribution in [-0.4, -0.2) is 30.1 Å². The molecule has 106 valence electrons. The average Bonchev–Trinajstić information content (AvgIpc) is 2.89. The van der Waals surface area contributed by atoms with E-state index in [2.05, 4.69) is 4.98 Å². The highest BCUT2D eigenvalue weighted by atomic mass is 32.1.